The summed E-state index contributed by atoms with van der Waals surface area (Å²) >= 11 is 5.99. The van der Waals surface area contributed by atoms with Gasteiger partial charge < -0.3 is 4.90 Å². The summed E-state index contributed by atoms with van der Waals surface area (Å²) in [5.41, 5.74) is 1.10. The number of hydrogen-bond acceptors (Lipinski definition) is 2. The second-order valence-corrected chi connectivity index (χ2v) is 5.45. The molecule has 2 aromatic rings. The number of anilines is 1. The van der Waals surface area contributed by atoms with Crippen molar-refractivity contribution in [2.24, 2.45) is 5.92 Å². The minimum Gasteiger partial charge on any atom is -0.359 e. The van der Waals surface area contributed by atoms with Gasteiger partial charge in [-0.2, -0.15) is 0 Å². The van der Waals surface area contributed by atoms with Gasteiger partial charge in [-0.1, -0.05) is 44.5 Å². The fourth-order valence-corrected chi connectivity index (χ4v) is 2.54. The van der Waals surface area contributed by atoms with Crippen LogP contribution in [-0.2, 0) is 5.88 Å². The van der Waals surface area contributed by atoms with Crippen LogP contribution in [0.2, 0.25) is 0 Å². The van der Waals surface area contributed by atoms with Crippen molar-refractivity contribution in [2.75, 3.05) is 18.5 Å². The Balaban J connectivity index is 2.44. The number of aromatic nitrogens is 1. The lowest BCUT2D eigenvalue weighted by molar-refractivity contribution is 0.558. The summed E-state index contributed by atoms with van der Waals surface area (Å²) in [6, 6.07) is 8.36. The van der Waals surface area contributed by atoms with E-state index in [2.05, 4.69) is 55.0 Å². The van der Waals surface area contributed by atoms with Crippen LogP contribution in [0.1, 0.15) is 25.8 Å². The molecule has 2 rings (SSSR count). The van der Waals surface area contributed by atoms with E-state index < -0.39 is 0 Å². The highest BCUT2D eigenvalue weighted by Crippen LogP contribution is 2.27. The molecule has 0 aliphatic carbocycles. The first-order chi connectivity index (χ1) is 9.17. The van der Waals surface area contributed by atoms with Crippen LogP contribution in [0.5, 0.6) is 0 Å². The Morgan fingerprint density at radius 1 is 1.26 bits per heavy atom. The van der Waals surface area contributed by atoms with Crippen LogP contribution in [0.3, 0.4) is 0 Å². The van der Waals surface area contributed by atoms with Gasteiger partial charge in [0.05, 0.1) is 0 Å². The van der Waals surface area contributed by atoms with Crippen LogP contribution in [0.25, 0.3) is 10.8 Å². The van der Waals surface area contributed by atoms with Crippen LogP contribution in [0.15, 0.2) is 30.5 Å². The standard InChI is InChI=1S/C16H21ClN2/c1-4-12(2)11-19(3)16-15-8-6-5-7-14(15)13(9-17)10-18-16/h5-8,10,12H,4,9,11H2,1-3H3. The third-order valence-corrected chi connectivity index (χ3v) is 3.93. The molecule has 1 aromatic carbocycles. The Labute approximate surface area is 120 Å². The molecule has 0 fully saturated rings. The van der Waals surface area contributed by atoms with E-state index in [0.717, 1.165) is 17.9 Å². The quantitative estimate of drug-likeness (QED) is 0.750. The molecule has 102 valence electrons. The number of hydrogen-bond donors (Lipinski definition) is 0. The number of benzene rings is 1. The maximum atomic E-state index is 5.99. The molecular formula is C16H21ClN2. The number of fused-ring (bicyclic) bond motifs is 1. The van der Waals surface area contributed by atoms with E-state index in [1.807, 2.05) is 6.20 Å². The molecule has 1 atom stereocenters. The molecule has 0 amide bonds. The van der Waals surface area contributed by atoms with Crippen LogP contribution < -0.4 is 4.90 Å². The Bertz CT molecular complexity index is 553. The van der Waals surface area contributed by atoms with Crippen molar-refractivity contribution >= 4 is 28.2 Å². The molecule has 0 bridgehead atoms. The fraction of sp³-hybridized carbons (Fsp3) is 0.438. The molecule has 0 N–H and O–H groups in total. The third-order valence-electron chi connectivity index (χ3n) is 3.64. The van der Waals surface area contributed by atoms with Crippen molar-refractivity contribution in [3.05, 3.63) is 36.0 Å². The number of rotatable bonds is 5. The summed E-state index contributed by atoms with van der Waals surface area (Å²) in [5.74, 6) is 2.21. The Morgan fingerprint density at radius 2 is 1.95 bits per heavy atom. The van der Waals surface area contributed by atoms with Crippen molar-refractivity contribution in [1.29, 1.82) is 0 Å². The van der Waals surface area contributed by atoms with Crippen LogP contribution >= 0.6 is 11.6 Å². The molecule has 0 saturated heterocycles. The number of nitrogens with zero attached hydrogens (tertiary/aromatic N) is 2. The molecule has 19 heavy (non-hydrogen) atoms. The van der Waals surface area contributed by atoms with Crippen LogP contribution in [-0.4, -0.2) is 18.6 Å². The molecule has 0 aliphatic rings. The van der Waals surface area contributed by atoms with Crippen LogP contribution in [0.4, 0.5) is 5.82 Å². The van der Waals surface area contributed by atoms with Gasteiger partial charge in [0.1, 0.15) is 5.82 Å². The molecule has 0 radical (unpaired) electrons. The average molecular weight is 277 g/mol. The predicted octanol–water partition coefficient (Wildman–Crippen LogP) is 4.46. The van der Waals surface area contributed by atoms with Gasteiger partial charge in [0.25, 0.3) is 0 Å². The summed E-state index contributed by atoms with van der Waals surface area (Å²) in [4.78, 5) is 6.85. The first-order valence-electron chi connectivity index (χ1n) is 6.81. The maximum absolute atomic E-state index is 5.99. The minimum absolute atomic E-state index is 0.503. The minimum atomic E-state index is 0.503. The monoisotopic (exact) mass is 276 g/mol. The SMILES string of the molecule is CCC(C)CN(C)c1ncc(CCl)c2ccccc12. The summed E-state index contributed by atoms with van der Waals surface area (Å²) in [5, 5.41) is 2.39. The summed E-state index contributed by atoms with van der Waals surface area (Å²) in [6.07, 6.45) is 3.08. The maximum Gasteiger partial charge on any atom is 0.136 e. The zero-order valence-corrected chi connectivity index (χ0v) is 12.6. The van der Waals surface area contributed by atoms with Gasteiger partial charge in [0.2, 0.25) is 0 Å². The molecular weight excluding hydrogens is 256 g/mol. The number of alkyl halides is 1. The van der Waals surface area contributed by atoms with E-state index >= 15 is 0 Å². The van der Waals surface area contributed by atoms with E-state index in [0.29, 0.717) is 11.8 Å². The molecule has 0 saturated carbocycles. The molecule has 3 heteroatoms. The van der Waals surface area contributed by atoms with Gasteiger partial charge in [0, 0.05) is 31.1 Å². The Kier molecular flexibility index (Phi) is 4.65. The second-order valence-electron chi connectivity index (χ2n) is 5.18. The molecule has 2 nitrogen and oxygen atoms in total. The second kappa shape index (κ2) is 6.25. The lowest BCUT2D eigenvalue weighted by Crippen LogP contribution is -2.24. The first-order valence-corrected chi connectivity index (χ1v) is 7.34. The van der Waals surface area contributed by atoms with Gasteiger partial charge in [-0.05, 0) is 16.9 Å². The highest BCUT2D eigenvalue weighted by Gasteiger charge is 2.12. The highest BCUT2D eigenvalue weighted by atomic mass is 35.5. The van der Waals surface area contributed by atoms with E-state index in [9.17, 15) is 0 Å². The van der Waals surface area contributed by atoms with E-state index in [1.165, 1.54) is 17.2 Å². The van der Waals surface area contributed by atoms with Gasteiger partial charge >= 0.3 is 0 Å². The average Bonchev–Trinajstić information content (AvgIpc) is 2.45. The van der Waals surface area contributed by atoms with Crippen molar-refractivity contribution in [1.82, 2.24) is 4.98 Å². The lowest BCUT2D eigenvalue weighted by Gasteiger charge is -2.23. The van der Waals surface area contributed by atoms with Crippen molar-refractivity contribution < 1.29 is 0 Å². The molecule has 0 aliphatic heterocycles. The number of pyridine rings is 1. The summed E-state index contributed by atoms with van der Waals surface area (Å²) in [6.45, 7) is 5.51. The summed E-state index contributed by atoms with van der Waals surface area (Å²) < 4.78 is 0. The molecule has 1 aromatic heterocycles. The molecule has 0 spiro atoms. The largest absolute Gasteiger partial charge is 0.359 e. The zero-order valence-electron chi connectivity index (χ0n) is 11.9. The van der Waals surface area contributed by atoms with Gasteiger partial charge in [-0.25, -0.2) is 4.98 Å². The van der Waals surface area contributed by atoms with Gasteiger partial charge in [-0.15, -0.1) is 11.6 Å². The van der Waals surface area contributed by atoms with Crippen molar-refractivity contribution in [3.8, 4) is 0 Å². The van der Waals surface area contributed by atoms with Crippen molar-refractivity contribution in [3.63, 3.8) is 0 Å². The van der Waals surface area contributed by atoms with E-state index in [4.69, 9.17) is 11.6 Å². The predicted molar refractivity (Wildman–Crippen MR) is 84.0 cm³/mol. The number of halogens is 1. The fourth-order valence-electron chi connectivity index (χ4n) is 2.33. The van der Waals surface area contributed by atoms with E-state index in [1.54, 1.807) is 0 Å². The van der Waals surface area contributed by atoms with Crippen LogP contribution in [0, 0.1) is 5.92 Å². The van der Waals surface area contributed by atoms with Crippen molar-refractivity contribution in [2.45, 2.75) is 26.1 Å². The third kappa shape index (κ3) is 3.01. The topological polar surface area (TPSA) is 16.1 Å². The zero-order chi connectivity index (χ0) is 13.8. The first kappa shape index (κ1) is 14.1. The van der Waals surface area contributed by atoms with Gasteiger partial charge in [-0.3, -0.25) is 0 Å². The normalized spacial score (nSPS) is 12.6. The lowest BCUT2D eigenvalue weighted by atomic mass is 10.1. The van der Waals surface area contributed by atoms with E-state index in [-0.39, 0.29) is 0 Å². The summed E-state index contributed by atoms with van der Waals surface area (Å²) in [7, 11) is 2.11. The Hall–Kier alpha value is -1.28. The highest BCUT2D eigenvalue weighted by molar-refractivity contribution is 6.18. The van der Waals surface area contributed by atoms with Gasteiger partial charge in [0.15, 0.2) is 0 Å². The molecule has 1 unspecified atom stereocenters. The molecule has 1 heterocycles. The Morgan fingerprint density at radius 3 is 2.58 bits per heavy atom. The smallest absolute Gasteiger partial charge is 0.136 e.